The summed E-state index contributed by atoms with van der Waals surface area (Å²) in [5.74, 6) is 1.13. The molecule has 0 aliphatic rings. The molecule has 0 aromatic carbocycles. The fourth-order valence-corrected chi connectivity index (χ4v) is 1.46. The molecule has 0 amide bonds. The van der Waals surface area contributed by atoms with E-state index in [0.29, 0.717) is 0 Å². The van der Waals surface area contributed by atoms with Crippen molar-refractivity contribution < 1.29 is 4.79 Å². The second kappa shape index (κ2) is 6.89. The third-order valence-electron chi connectivity index (χ3n) is 1.18. The van der Waals surface area contributed by atoms with Gasteiger partial charge in [0.05, 0.1) is 15.4 Å². The Morgan fingerprint density at radius 3 is 2.75 bits per heavy atom. The van der Waals surface area contributed by atoms with Crippen molar-refractivity contribution in [2.45, 2.75) is 32.2 Å². The standard InChI is InChI=1S/C6H14OSi/c1-2-3-4-5-8-6-7/h6H,2-5,8H2,1H3. The molecule has 0 radical (unpaired) electrons. The average Bonchev–Trinajstić information content (AvgIpc) is 1.81. The van der Waals surface area contributed by atoms with Crippen molar-refractivity contribution in [3.05, 3.63) is 0 Å². The molecule has 0 spiro atoms. The fraction of sp³-hybridized carbons (Fsp3) is 0.833. The highest BCUT2D eigenvalue weighted by atomic mass is 28.2. The van der Waals surface area contributed by atoms with Gasteiger partial charge < -0.3 is 4.79 Å². The Balaban J connectivity index is 2.62. The molecule has 0 atom stereocenters. The normalized spacial score (nSPS) is 10.6. The zero-order chi connectivity index (χ0) is 6.24. The van der Waals surface area contributed by atoms with Crippen LogP contribution >= 0.6 is 0 Å². The van der Waals surface area contributed by atoms with Crippen LogP contribution in [0.3, 0.4) is 0 Å². The Morgan fingerprint density at radius 1 is 1.50 bits per heavy atom. The highest BCUT2D eigenvalue weighted by Gasteiger charge is 1.84. The first-order valence-electron chi connectivity index (χ1n) is 3.35. The predicted molar refractivity (Wildman–Crippen MR) is 39.6 cm³/mol. The second-order valence-electron chi connectivity index (χ2n) is 2.02. The molecule has 0 aliphatic carbocycles. The zero-order valence-electron chi connectivity index (χ0n) is 5.52. The van der Waals surface area contributed by atoms with Crippen molar-refractivity contribution in [2.24, 2.45) is 0 Å². The summed E-state index contributed by atoms with van der Waals surface area (Å²) in [6, 6.07) is 1.22. The lowest BCUT2D eigenvalue weighted by Gasteiger charge is -1.89. The van der Waals surface area contributed by atoms with E-state index in [1.165, 1.54) is 25.3 Å². The van der Waals surface area contributed by atoms with Crippen LogP contribution in [0.2, 0.25) is 6.04 Å². The molecule has 0 saturated carbocycles. The lowest BCUT2D eigenvalue weighted by Crippen LogP contribution is -1.88. The first kappa shape index (κ1) is 7.89. The van der Waals surface area contributed by atoms with E-state index in [1.54, 1.807) is 0 Å². The van der Waals surface area contributed by atoms with Crippen molar-refractivity contribution in [3.8, 4) is 0 Å². The average molecular weight is 130 g/mol. The van der Waals surface area contributed by atoms with Crippen molar-refractivity contribution in [3.63, 3.8) is 0 Å². The van der Waals surface area contributed by atoms with Gasteiger partial charge in [-0.15, -0.1) is 0 Å². The van der Waals surface area contributed by atoms with Crippen LogP contribution in [0.4, 0.5) is 0 Å². The molecule has 0 aromatic heterocycles. The van der Waals surface area contributed by atoms with E-state index < -0.39 is 0 Å². The SMILES string of the molecule is CCCCC[SiH2]C=O. The monoisotopic (exact) mass is 130 g/mol. The van der Waals surface area contributed by atoms with Gasteiger partial charge in [-0.2, -0.15) is 0 Å². The molecule has 0 aliphatic heterocycles. The largest absolute Gasteiger partial charge is 0.310 e. The van der Waals surface area contributed by atoms with Gasteiger partial charge in [0, 0.05) is 0 Å². The van der Waals surface area contributed by atoms with E-state index >= 15 is 0 Å². The van der Waals surface area contributed by atoms with E-state index in [9.17, 15) is 4.79 Å². The predicted octanol–water partition coefficient (Wildman–Crippen LogP) is 0.954. The maximum atomic E-state index is 9.83. The Hall–Kier alpha value is -0.113. The summed E-state index contributed by atoms with van der Waals surface area (Å²) in [6.07, 6.45) is 3.86. The minimum Gasteiger partial charge on any atom is -0.310 e. The molecule has 8 heavy (non-hydrogen) atoms. The molecular formula is C6H14OSi. The number of unbranched alkanes of at least 4 members (excludes halogenated alkanes) is 2. The summed E-state index contributed by atoms with van der Waals surface area (Å²) in [7, 11) is -0.279. The topological polar surface area (TPSA) is 17.1 Å². The molecule has 0 rings (SSSR count). The van der Waals surface area contributed by atoms with Crippen LogP contribution in [-0.4, -0.2) is 15.4 Å². The lowest BCUT2D eigenvalue weighted by molar-refractivity contribution is 0.568. The lowest BCUT2D eigenvalue weighted by atomic mass is 10.3. The number of hydrogen-bond acceptors (Lipinski definition) is 1. The fourth-order valence-electron chi connectivity index (χ4n) is 0.654. The summed E-state index contributed by atoms with van der Waals surface area (Å²) in [6.45, 7) is 2.18. The van der Waals surface area contributed by atoms with Gasteiger partial charge >= 0.3 is 0 Å². The molecular weight excluding hydrogens is 116 g/mol. The van der Waals surface area contributed by atoms with Gasteiger partial charge in [-0.05, 0) is 0 Å². The zero-order valence-corrected chi connectivity index (χ0v) is 6.94. The molecule has 0 bridgehead atoms. The molecule has 1 nitrogen and oxygen atoms in total. The molecule has 0 heterocycles. The van der Waals surface area contributed by atoms with Crippen molar-refractivity contribution in [2.75, 3.05) is 0 Å². The Labute approximate surface area is 53.3 Å². The van der Waals surface area contributed by atoms with Crippen LogP contribution in [0.5, 0.6) is 0 Å². The molecule has 0 unspecified atom stereocenters. The van der Waals surface area contributed by atoms with E-state index in [0.717, 1.165) is 5.91 Å². The number of carbonyl (C=O) groups excluding carboxylic acids is 1. The number of carbonyl (C=O) groups is 1. The highest BCUT2D eigenvalue weighted by molar-refractivity contribution is 6.66. The van der Waals surface area contributed by atoms with E-state index in [1.807, 2.05) is 0 Å². The first-order chi connectivity index (χ1) is 3.91. The maximum absolute atomic E-state index is 9.83. The van der Waals surface area contributed by atoms with Crippen molar-refractivity contribution in [1.82, 2.24) is 0 Å². The molecule has 0 fully saturated rings. The quantitative estimate of drug-likeness (QED) is 0.308. The van der Waals surface area contributed by atoms with E-state index in [2.05, 4.69) is 6.92 Å². The third kappa shape index (κ3) is 5.89. The Morgan fingerprint density at radius 2 is 2.25 bits per heavy atom. The Bertz CT molecular complexity index is 54.5. The van der Waals surface area contributed by atoms with Crippen LogP contribution < -0.4 is 0 Å². The summed E-state index contributed by atoms with van der Waals surface area (Å²) < 4.78 is 0. The van der Waals surface area contributed by atoms with Gasteiger partial charge in [0.1, 0.15) is 0 Å². The van der Waals surface area contributed by atoms with Gasteiger partial charge in [-0.25, -0.2) is 0 Å². The highest BCUT2D eigenvalue weighted by Crippen LogP contribution is 1.96. The number of hydrogen-bond donors (Lipinski definition) is 0. The second-order valence-corrected chi connectivity index (χ2v) is 3.63. The first-order valence-corrected chi connectivity index (χ1v) is 5.17. The number of rotatable bonds is 5. The van der Waals surface area contributed by atoms with Gasteiger partial charge in [-0.3, -0.25) is 0 Å². The van der Waals surface area contributed by atoms with Crippen LogP contribution in [0.1, 0.15) is 26.2 Å². The van der Waals surface area contributed by atoms with Gasteiger partial charge in [0.2, 0.25) is 0 Å². The summed E-state index contributed by atoms with van der Waals surface area (Å²) >= 11 is 0. The molecule has 0 N–H and O–H groups in total. The molecule has 0 aromatic rings. The molecule has 48 valence electrons. The van der Waals surface area contributed by atoms with Crippen molar-refractivity contribution in [1.29, 1.82) is 0 Å². The van der Waals surface area contributed by atoms with Gasteiger partial charge in [0.25, 0.3) is 0 Å². The molecule has 2 heteroatoms. The van der Waals surface area contributed by atoms with Crippen LogP contribution in [-0.2, 0) is 4.79 Å². The van der Waals surface area contributed by atoms with Crippen molar-refractivity contribution >= 4 is 15.4 Å². The summed E-state index contributed by atoms with van der Waals surface area (Å²) in [5, 5.41) is 0. The van der Waals surface area contributed by atoms with E-state index in [-0.39, 0.29) is 9.52 Å². The maximum Gasteiger partial charge on any atom is 0.0966 e. The third-order valence-corrected chi connectivity index (χ3v) is 2.32. The summed E-state index contributed by atoms with van der Waals surface area (Å²) in [4.78, 5) is 9.83. The smallest absolute Gasteiger partial charge is 0.0966 e. The van der Waals surface area contributed by atoms with E-state index in [4.69, 9.17) is 0 Å². The van der Waals surface area contributed by atoms with Crippen LogP contribution in [0, 0.1) is 0 Å². The molecule has 0 saturated heterocycles. The summed E-state index contributed by atoms with van der Waals surface area (Å²) in [5.41, 5.74) is 0. The minimum absolute atomic E-state index is 0.279. The van der Waals surface area contributed by atoms with Crippen LogP contribution in [0.15, 0.2) is 0 Å². The van der Waals surface area contributed by atoms with Gasteiger partial charge in [-0.1, -0.05) is 32.2 Å². The minimum atomic E-state index is -0.279. The Kier molecular flexibility index (Phi) is 6.79. The van der Waals surface area contributed by atoms with Crippen LogP contribution in [0.25, 0.3) is 0 Å². The van der Waals surface area contributed by atoms with Gasteiger partial charge in [0.15, 0.2) is 0 Å².